The molecule has 0 bridgehead atoms. The van der Waals surface area contributed by atoms with Crippen LogP contribution in [0, 0.1) is 11.8 Å². The zero-order chi connectivity index (χ0) is 26.6. The van der Waals surface area contributed by atoms with Crippen LogP contribution < -0.4 is 10.8 Å². The lowest BCUT2D eigenvalue weighted by molar-refractivity contribution is -0.156. The third kappa shape index (κ3) is 8.81. The number of nitrogens with one attached hydrogen (secondary N) is 2. The molecular formula is C32H42N2O4. The lowest BCUT2D eigenvalue weighted by Crippen LogP contribution is -2.30. The number of benzene rings is 2. The summed E-state index contributed by atoms with van der Waals surface area (Å²) in [7, 11) is 0. The van der Waals surface area contributed by atoms with Gasteiger partial charge in [0.25, 0.3) is 5.91 Å². The van der Waals surface area contributed by atoms with Crippen LogP contribution >= 0.6 is 0 Å². The van der Waals surface area contributed by atoms with Crippen molar-refractivity contribution in [2.45, 2.75) is 89.8 Å². The van der Waals surface area contributed by atoms with E-state index in [1.54, 1.807) is 11.6 Å². The minimum atomic E-state index is -0.550. The van der Waals surface area contributed by atoms with Crippen LogP contribution in [-0.4, -0.2) is 23.2 Å². The highest BCUT2D eigenvalue weighted by molar-refractivity contribution is 5.90. The molecule has 0 saturated heterocycles. The Hall–Kier alpha value is -2.96. The van der Waals surface area contributed by atoms with Crippen LogP contribution in [0.5, 0.6) is 0 Å². The standard InChI is InChI=1S/C32H42N2O4/c35-31(34-37)20-18-25-7-6-8-27(21-25)23-33-22-26-15-13-24(14-16-26)17-19-30(28-9-2-1-3-10-28)32(36)38-29-11-4-5-12-29/h6-8,13-16,18,20-21,28-30,33,37H,1-5,9-12,17,19,22-23H2,(H,34,35)/b20-18+/t30-/m0/s1. The van der Waals surface area contributed by atoms with Crippen LogP contribution in [-0.2, 0) is 33.8 Å². The average Bonchev–Trinajstić information content (AvgIpc) is 3.46. The topological polar surface area (TPSA) is 87.7 Å². The Morgan fingerprint density at radius 3 is 2.32 bits per heavy atom. The molecule has 2 aromatic rings. The molecule has 3 N–H and O–H groups in total. The monoisotopic (exact) mass is 518 g/mol. The third-order valence-corrected chi connectivity index (χ3v) is 8.02. The number of aryl methyl sites for hydroxylation is 1. The van der Waals surface area contributed by atoms with Crippen LogP contribution in [0.25, 0.3) is 6.08 Å². The Kier molecular flexibility index (Phi) is 11.0. The summed E-state index contributed by atoms with van der Waals surface area (Å²) in [5.41, 5.74) is 6.10. The minimum absolute atomic E-state index is 0.0286. The van der Waals surface area contributed by atoms with E-state index < -0.39 is 5.91 Å². The van der Waals surface area contributed by atoms with Crippen molar-refractivity contribution >= 4 is 18.0 Å². The maximum atomic E-state index is 13.1. The van der Waals surface area contributed by atoms with Gasteiger partial charge in [0.05, 0.1) is 5.92 Å². The summed E-state index contributed by atoms with van der Waals surface area (Å²) >= 11 is 0. The molecule has 0 heterocycles. The van der Waals surface area contributed by atoms with Gasteiger partial charge in [0.2, 0.25) is 0 Å². The Morgan fingerprint density at radius 2 is 1.58 bits per heavy atom. The normalized spacial score (nSPS) is 17.5. The fourth-order valence-corrected chi connectivity index (χ4v) is 5.85. The van der Waals surface area contributed by atoms with Gasteiger partial charge in [0.15, 0.2) is 0 Å². The lowest BCUT2D eigenvalue weighted by atomic mass is 9.77. The summed E-state index contributed by atoms with van der Waals surface area (Å²) in [5.74, 6) is 0.00848. The van der Waals surface area contributed by atoms with Gasteiger partial charge in [0.1, 0.15) is 6.10 Å². The number of esters is 1. The second kappa shape index (κ2) is 14.8. The number of amides is 1. The summed E-state index contributed by atoms with van der Waals surface area (Å²) in [6.07, 6.45) is 15.4. The van der Waals surface area contributed by atoms with E-state index in [0.29, 0.717) is 12.5 Å². The van der Waals surface area contributed by atoms with Gasteiger partial charge < -0.3 is 10.1 Å². The molecule has 6 heteroatoms. The smallest absolute Gasteiger partial charge is 0.309 e. The molecular weight excluding hydrogens is 476 g/mol. The second-order valence-corrected chi connectivity index (χ2v) is 10.9. The van der Waals surface area contributed by atoms with Gasteiger partial charge in [-0.2, -0.15) is 0 Å². The number of carbonyl (C=O) groups is 2. The van der Waals surface area contributed by atoms with Crippen LogP contribution in [0.2, 0.25) is 0 Å². The summed E-state index contributed by atoms with van der Waals surface area (Å²) in [4.78, 5) is 24.3. The molecule has 2 aromatic carbocycles. The number of rotatable bonds is 12. The molecule has 4 rings (SSSR count). The molecule has 0 aliphatic heterocycles. The molecule has 0 spiro atoms. The summed E-state index contributed by atoms with van der Waals surface area (Å²) in [5, 5.41) is 12.1. The molecule has 0 unspecified atom stereocenters. The molecule has 0 radical (unpaired) electrons. The lowest BCUT2D eigenvalue weighted by Gasteiger charge is -2.30. The van der Waals surface area contributed by atoms with Crippen LogP contribution in [0.4, 0.5) is 0 Å². The van der Waals surface area contributed by atoms with Gasteiger partial charge in [-0.1, -0.05) is 67.8 Å². The predicted molar refractivity (Wildman–Crippen MR) is 149 cm³/mol. The van der Waals surface area contributed by atoms with E-state index in [-0.39, 0.29) is 18.0 Å². The van der Waals surface area contributed by atoms with Crippen molar-refractivity contribution in [3.05, 3.63) is 76.9 Å². The van der Waals surface area contributed by atoms with Gasteiger partial charge in [0, 0.05) is 19.2 Å². The summed E-state index contributed by atoms with van der Waals surface area (Å²) in [6, 6.07) is 16.6. The molecule has 2 aliphatic carbocycles. The summed E-state index contributed by atoms with van der Waals surface area (Å²) in [6.45, 7) is 1.47. The highest BCUT2D eigenvalue weighted by Gasteiger charge is 2.32. The van der Waals surface area contributed by atoms with Crippen molar-refractivity contribution in [1.82, 2.24) is 10.8 Å². The molecule has 0 aromatic heterocycles. The number of hydrogen-bond acceptors (Lipinski definition) is 5. The number of ether oxygens (including phenoxy) is 1. The van der Waals surface area contributed by atoms with Crippen molar-refractivity contribution in [2.75, 3.05) is 0 Å². The molecule has 2 aliphatic rings. The summed E-state index contributed by atoms with van der Waals surface area (Å²) < 4.78 is 5.97. The number of hydroxylamine groups is 1. The fraction of sp³-hybridized carbons (Fsp3) is 0.500. The first-order valence-electron chi connectivity index (χ1n) is 14.3. The third-order valence-electron chi connectivity index (χ3n) is 8.02. The molecule has 6 nitrogen and oxygen atoms in total. The van der Waals surface area contributed by atoms with E-state index in [4.69, 9.17) is 9.94 Å². The predicted octanol–water partition coefficient (Wildman–Crippen LogP) is 6.11. The van der Waals surface area contributed by atoms with Crippen molar-refractivity contribution in [3.63, 3.8) is 0 Å². The Morgan fingerprint density at radius 1 is 0.895 bits per heavy atom. The first kappa shape index (κ1) is 28.1. The van der Waals surface area contributed by atoms with Crippen LogP contribution in [0.1, 0.15) is 86.5 Å². The Balaban J connectivity index is 1.25. The van der Waals surface area contributed by atoms with Crippen LogP contribution in [0.15, 0.2) is 54.6 Å². The van der Waals surface area contributed by atoms with Crippen LogP contribution in [0.3, 0.4) is 0 Å². The van der Waals surface area contributed by atoms with Crippen molar-refractivity contribution in [1.29, 1.82) is 0 Å². The van der Waals surface area contributed by atoms with E-state index in [2.05, 4.69) is 29.6 Å². The van der Waals surface area contributed by atoms with Gasteiger partial charge in [-0.15, -0.1) is 0 Å². The Labute approximate surface area is 226 Å². The van der Waals surface area contributed by atoms with E-state index in [1.807, 2.05) is 24.3 Å². The quantitative estimate of drug-likeness (QED) is 0.137. The van der Waals surface area contributed by atoms with Gasteiger partial charge in [-0.25, -0.2) is 5.48 Å². The molecule has 204 valence electrons. The fourth-order valence-electron chi connectivity index (χ4n) is 5.85. The molecule has 2 saturated carbocycles. The highest BCUT2D eigenvalue weighted by atomic mass is 16.5. The van der Waals surface area contributed by atoms with Crippen molar-refractivity contribution in [2.24, 2.45) is 11.8 Å². The zero-order valence-corrected chi connectivity index (χ0v) is 22.4. The number of hydrogen-bond donors (Lipinski definition) is 3. The maximum Gasteiger partial charge on any atom is 0.309 e. The van der Waals surface area contributed by atoms with Gasteiger partial charge in [-0.05, 0) is 85.6 Å². The molecule has 1 atom stereocenters. The SMILES string of the molecule is O=C(/C=C/c1cccc(CNCc2ccc(CC[C@H](C(=O)OC3CCCC3)C3CCCCC3)cc2)c1)NO. The maximum absolute atomic E-state index is 13.1. The first-order chi connectivity index (χ1) is 18.6. The first-order valence-corrected chi connectivity index (χ1v) is 14.3. The van der Waals surface area contributed by atoms with E-state index in [1.165, 1.54) is 49.3 Å². The molecule has 38 heavy (non-hydrogen) atoms. The Bertz CT molecular complexity index is 1050. The van der Waals surface area contributed by atoms with Gasteiger partial charge in [-0.3, -0.25) is 14.8 Å². The zero-order valence-electron chi connectivity index (χ0n) is 22.4. The van der Waals surface area contributed by atoms with Crippen molar-refractivity contribution in [3.8, 4) is 0 Å². The van der Waals surface area contributed by atoms with Gasteiger partial charge >= 0.3 is 5.97 Å². The number of carbonyl (C=O) groups excluding carboxylic acids is 2. The van der Waals surface area contributed by atoms with E-state index in [9.17, 15) is 9.59 Å². The van der Waals surface area contributed by atoms with E-state index in [0.717, 1.165) is 56.2 Å². The highest BCUT2D eigenvalue weighted by Crippen LogP contribution is 2.34. The minimum Gasteiger partial charge on any atom is -0.462 e. The van der Waals surface area contributed by atoms with E-state index >= 15 is 0 Å². The largest absolute Gasteiger partial charge is 0.462 e. The molecule has 1 amide bonds. The molecule has 2 fully saturated rings. The van der Waals surface area contributed by atoms with Crippen molar-refractivity contribution < 1.29 is 19.5 Å². The second-order valence-electron chi connectivity index (χ2n) is 10.9. The average molecular weight is 519 g/mol.